The maximum absolute atomic E-state index is 11.5. The normalized spacial score (nSPS) is 12.1. The van der Waals surface area contributed by atoms with Crippen molar-refractivity contribution in [3.63, 3.8) is 0 Å². The van der Waals surface area contributed by atoms with Gasteiger partial charge >= 0.3 is 5.97 Å². The zero-order valence-corrected chi connectivity index (χ0v) is 13.4. The third kappa shape index (κ3) is 6.99. The molecule has 1 aromatic carbocycles. The first-order chi connectivity index (χ1) is 10.0. The van der Waals surface area contributed by atoms with Gasteiger partial charge in [-0.05, 0) is 43.4 Å². The lowest BCUT2D eigenvalue weighted by Gasteiger charge is -2.10. The van der Waals surface area contributed by atoms with Crippen molar-refractivity contribution in [3.8, 4) is 0 Å². The van der Waals surface area contributed by atoms with Gasteiger partial charge in [0.1, 0.15) is 0 Å². The Kier molecular flexibility index (Phi) is 7.61. The molecular weight excluding hydrogens is 286 g/mol. The molecule has 0 spiro atoms. The van der Waals surface area contributed by atoms with Gasteiger partial charge in [-0.2, -0.15) is 0 Å². The first kappa shape index (κ1) is 17.3. The van der Waals surface area contributed by atoms with Gasteiger partial charge in [-0.25, -0.2) is 4.79 Å². The van der Waals surface area contributed by atoms with Crippen LogP contribution in [0.25, 0.3) is 6.08 Å². The summed E-state index contributed by atoms with van der Waals surface area (Å²) in [5.41, 5.74) is 0.911. The molecule has 0 aromatic heterocycles. The molecule has 0 radical (unpaired) electrons. The lowest BCUT2D eigenvalue weighted by molar-refractivity contribution is -0.144. The Morgan fingerprint density at radius 2 is 2.00 bits per heavy atom. The molecule has 1 aromatic rings. The van der Waals surface area contributed by atoms with Gasteiger partial charge in [-0.1, -0.05) is 19.1 Å². The molecule has 21 heavy (non-hydrogen) atoms. The van der Waals surface area contributed by atoms with E-state index < -0.39 is 5.97 Å². The highest BCUT2D eigenvalue weighted by Crippen LogP contribution is 2.15. The predicted octanol–water partition coefficient (Wildman–Crippen LogP) is 2.88. The van der Waals surface area contributed by atoms with Crippen LogP contribution in [-0.2, 0) is 14.3 Å². The van der Waals surface area contributed by atoms with Crippen molar-refractivity contribution < 1.29 is 14.3 Å². The molecule has 1 N–H and O–H groups in total. The molecule has 4 nitrogen and oxygen atoms in total. The van der Waals surface area contributed by atoms with E-state index in [1.807, 2.05) is 44.4 Å². The van der Waals surface area contributed by atoms with Crippen molar-refractivity contribution in [2.45, 2.75) is 31.2 Å². The van der Waals surface area contributed by atoms with Gasteiger partial charge in [0.15, 0.2) is 6.61 Å². The summed E-state index contributed by atoms with van der Waals surface area (Å²) in [6.07, 6.45) is 5.84. The van der Waals surface area contributed by atoms with Crippen molar-refractivity contribution in [2.75, 3.05) is 12.9 Å². The summed E-state index contributed by atoms with van der Waals surface area (Å²) in [5.74, 6) is -0.807. The fourth-order valence-electron chi connectivity index (χ4n) is 1.48. The van der Waals surface area contributed by atoms with Crippen LogP contribution >= 0.6 is 11.8 Å². The number of rotatable bonds is 7. The van der Waals surface area contributed by atoms with Crippen LogP contribution in [0.2, 0.25) is 0 Å². The van der Waals surface area contributed by atoms with Crippen molar-refractivity contribution in [2.24, 2.45) is 0 Å². The number of thioether (sulfide) groups is 1. The summed E-state index contributed by atoms with van der Waals surface area (Å²) < 4.78 is 4.87. The van der Waals surface area contributed by atoms with E-state index in [9.17, 15) is 9.59 Å². The Hall–Kier alpha value is -1.75. The van der Waals surface area contributed by atoms with Gasteiger partial charge in [0.25, 0.3) is 5.91 Å². The van der Waals surface area contributed by atoms with Crippen LogP contribution < -0.4 is 5.32 Å². The highest BCUT2D eigenvalue weighted by Gasteiger charge is 2.07. The number of amides is 1. The molecule has 0 heterocycles. The van der Waals surface area contributed by atoms with E-state index in [4.69, 9.17) is 4.74 Å². The summed E-state index contributed by atoms with van der Waals surface area (Å²) in [4.78, 5) is 24.1. The fraction of sp³-hybridized carbons (Fsp3) is 0.375. The summed E-state index contributed by atoms with van der Waals surface area (Å²) >= 11 is 1.66. The SMILES string of the molecule is CC[C@H](C)NC(=O)COC(=O)/C=C/c1ccc(SC)cc1. The molecule has 0 aliphatic carbocycles. The Bertz CT molecular complexity index is 497. The summed E-state index contributed by atoms with van der Waals surface area (Å²) in [5, 5.41) is 2.73. The number of esters is 1. The number of carbonyl (C=O) groups is 2. The average molecular weight is 307 g/mol. The van der Waals surface area contributed by atoms with E-state index in [0.717, 1.165) is 16.9 Å². The number of benzene rings is 1. The molecule has 1 amide bonds. The molecule has 1 rings (SSSR count). The molecule has 0 saturated carbocycles. The summed E-state index contributed by atoms with van der Waals surface area (Å²) in [6, 6.07) is 7.89. The number of carbonyl (C=O) groups excluding carboxylic acids is 2. The summed E-state index contributed by atoms with van der Waals surface area (Å²) in [6.45, 7) is 3.62. The maximum Gasteiger partial charge on any atom is 0.331 e. The molecule has 5 heteroatoms. The Morgan fingerprint density at radius 3 is 2.57 bits per heavy atom. The van der Waals surface area contributed by atoms with Gasteiger partial charge in [0.2, 0.25) is 0 Å². The molecule has 0 aliphatic rings. The van der Waals surface area contributed by atoms with Gasteiger partial charge in [0.05, 0.1) is 0 Å². The minimum Gasteiger partial charge on any atom is -0.452 e. The number of nitrogens with one attached hydrogen (secondary N) is 1. The van der Waals surface area contributed by atoms with Crippen LogP contribution in [0.1, 0.15) is 25.8 Å². The topological polar surface area (TPSA) is 55.4 Å². The van der Waals surface area contributed by atoms with Crippen LogP contribution in [0.5, 0.6) is 0 Å². The first-order valence-electron chi connectivity index (χ1n) is 6.83. The highest BCUT2D eigenvalue weighted by molar-refractivity contribution is 7.98. The smallest absolute Gasteiger partial charge is 0.331 e. The second-order valence-corrected chi connectivity index (χ2v) is 5.47. The van der Waals surface area contributed by atoms with E-state index in [1.165, 1.54) is 6.08 Å². The Labute approximate surface area is 130 Å². The van der Waals surface area contributed by atoms with Crippen LogP contribution in [-0.4, -0.2) is 30.8 Å². The number of ether oxygens (including phenoxy) is 1. The maximum atomic E-state index is 11.5. The van der Waals surface area contributed by atoms with E-state index in [-0.39, 0.29) is 18.6 Å². The number of hydrogen-bond acceptors (Lipinski definition) is 4. The van der Waals surface area contributed by atoms with E-state index in [0.29, 0.717) is 0 Å². The molecule has 0 aliphatic heterocycles. The minimum absolute atomic E-state index is 0.0849. The lowest BCUT2D eigenvalue weighted by atomic mass is 10.2. The van der Waals surface area contributed by atoms with Crippen LogP contribution in [0, 0.1) is 0 Å². The van der Waals surface area contributed by atoms with Crippen molar-refractivity contribution in [3.05, 3.63) is 35.9 Å². The van der Waals surface area contributed by atoms with Crippen LogP contribution in [0.3, 0.4) is 0 Å². The zero-order valence-electron chi connectivity index (χ0n) is 12.6. The molecule has 0 fully saturated rings. The minimum atomic E-state index is -0.525. The number of hydrogen-bond donors (Lipinski definition) is 1. The highest BCUT2D eigenvalue weighted by atomic mass is 32.2. The van der Waals surface area contributed by atoms with Gasteiger partial charge in [-0.3, -0.25) is 4.79 Å². The Balaban J connectivity index is 2.38. The van der Waals surface area contributed by atoms with Crippen molar-refractivity contribution >= 4 is 29.7 Å². The third-order valence-electron chi connectivity index (χ3n) is 2.89. The van der Waals surface area contributed by atoms with E-state index >= 15 is 0 Å². The first-order valence-corrected chi connectivity index (χ1v) is 8.06. The van der Waals surface area contributed by atoms with Gasteiger partial charge in [-0.15, -0.1) is 11.8 Å². The predicted molar refractivity (Wildman–Crippen MR) is 86.1 cm³/mol. The van der Waals surface area contributed by atoms with Crippen LogP contribution in [0.4, 0.5) is 0 Å². The summed E-state index contributed by atoms with van der Waals surface area (Å²) in [7, 11) is 0. The second kappa shape index (κ2) is 9.23. The van der Waals surface area contributed by atoms with Crippen molar-refractivity contribution in [1.29, 1.82) is 0 Å². The monoisotopic (exact) mass is 307 g/mol. The zero-order chi connectivity index (χ0) is 15.7. The quantitative estimate of drug-likeness (QED) is 0.478. The standard InChI is InChI=1S/C16H21NO3S/c1-4-12(2)17-15(18)11-20-16(19)10-7-13-5-8-14(21-3)9-6-13/h5-10,12H,4,11H2,1-3H3,(H,17,18)/b10-7+/t12-/m0/s1. The second-order valence-electron chi connectivity index (χ2n) is 4.59. The molecule has 0 saturated heterocycles. The van der Waals surface area contributed by atoms with E-state index in [1.54, 1.807) is 17.8 Å². The third-order valence-corrected chi connectivity index (χ3v) is 3.64. The average Bonchev–Trinajstić information content (AvgIpc) is 2.51. The molecular formula is C16H21NO3S. The van der Waals surface area contributed by atoms with Gasteiger partial charge in [0, 0.05) is 17.0 Å². The Morgan fingerprint density at radius 1 is 1.33 bits per heavy atom. The fourth-order valence-corrected chi connectivity index (χ4v) is 1.89. The van der Waals surface area contributed by atoms with E-state index in [2.05, 4.69) is 5.32 Å². The van der Waals surface area contributed by atoms with Crippen molar-refractivity contribution in [1.82, 2.24) is 5.32 Å². The van der Waals surface area contributed by atoms with Gasteiger partial charge < -0.3 is 10.1 Å². The lowest BCUT2D eigenvalue weighted by Crippen LogP contribution is -2.35. The molecule has 0 unspecified atom stereocenters. The van der Waals surface area contributed by atoms with Crippen LogP contribution in [0.15, 0.2) is 35.2 Å². The molecule has 114 valence electrons. The largest absolute Gasteiger partial charge is 0.452 e. The molecule has 1 atom stereocenters. The molecule has 0 bridgehead atoms.